The summed E-state index contributed by atoms with van der Waals surface area (Å²) in [5.41, 5.74) is 1.27. The summed E-state index contributed by atoms with van der Waals surface area (Å²) < 4.78 is 0. The van der Waals surface area contributed by atoms with Crippen LogP contribution in [-0.4, -0.2) is 23.8 Å². The molecule has 0 spiro atoms. The van der Waals surface area contributed by atoms with Gasteiger partial charge in [0.1, 0.15) is 0 Å². The third-order valence-corrected chi connectivity index (χ3v) is 4.28. The molecular weight excluding hydrogens is 246 g/mol. The van der Waals surface area contributed by atoms with Gasteiger partial charge in [-0.2, -0.15) is 0 Å². The summed E-state index contributed by atoms with van der Waals surface area (Å²) >= 11 is 6.20. The van der Waals surface area contributed by atoms with Crippen molar-refractivity contribution in [2.75, 3.05) is 6.61 Å². The SMILES string of the molecule is CC(C)C(CO)NC1CC(c2ccccc2Cl)C1. The van der Waals surface area contributed by atoms with Crippen LogP contribution < -0.4 is 5.32 Å². The van der Waals surface area contributed by atoms with Crippen LogP contribution >= 0.6 is 11.6 Å². The molecule has 1 aliphatic carbocycles. The first-order chi connectivity index (χ1) is 8.61. The van der Waals surface area contributed by atoms with Gasteiger partial charge in [0.15, 0.2) is 0 Å². The molecule has 1 aromatic carbocycles. The highest BCUT2D eigenvalue weighted by atomic mass is 35.5. The Morgan fingerprint density at radius 1 is 1.33 bits per heavy atom. The molecule has 0 aliphatic heterocycles. The average molecular weight is 268 g/mol. The summed E-state index contributed by atoms with van der Waals surface area (Å²) in [6.45, 7) is 4.49. The zero-order chi connectivity index (χ0) is 13.1. The maximum Gasteiger partial charge on any atom is 0.0587 e. The molecule has 0 amide bonds. The first kappa shape index (κ1) is 13.9. The zero-order valence-electron chi connectivity index (χ0n) is 11.1. The lowest BCUT2D eigenvalue weighted by Crippen LogP contribution is -2.49. The van der Waals surface area contributed by atoms with Crippen molar-refractivity contribution in [2.45, 2.75) is 44.7 Å². The molecule has 0 heterocycles. The number of hydrogen-bond acceptors (Lipinski definition) is 2. The predicted molar refractivity (Wildman–Crippen MR) is 76.1 cm³/mol. The third kappa shape index (κ3) is 3.05. The molecule has 2 nitrogen and oxygen atoms in total. The second-order valence-corrected chi connectivity index (χ2v) is 5.99. The van der Waals surface area contributed by atoms with E-state index in [0.717, 1.165) is 17.9 Å². The Morgan fingerprint density at radius 3 is 2.56 bits per heavy atom. The molecule has 1 atom stereocenters. The monoisotopic (exact) mass is 267 g/mol. The normalized spacial score (nSPS) is 24.9. The van der Waals surface area contributed by atoms with Gasteiger partial charge in [0.25, 0.3) is 0 Å². The van der Waals surface area contributed by atoms with Gasteiger partial charge < -0.3 is 10.4 Å². The highest BCUT2D eigenvalue weighted by Gasteiger charge is 2.32. The van der Waals surface area contributed by atoms with Crippen LogP contribution in [0.25, 0.3) is 0 Å². The van der Waals surface area contributed by atoms with E-state index in [1.807, 2.05) is 18.2 Å². The lowest BCUT2D eigenvalue weighted by molar-refractivity contribution is 0.169. The highest BCUT2D eigenvalue weighted by Crippen LogP contribution is 2.40. The molecule has 3 heteroatoms. The van der Waals surface area contributed by atoms with Gasteiger partial charge in [0, 0.05) is 17.1 Å². The van der Waals surface area contributed by atoms with Crippen LogP contribution in [0.3, 0.4) is 0 Å². The molecule has 1 saturated carbocycles. The van der Waals surface area contributed by atoms with Gasteiger partial charge in [-0.1, -0.05) is 43.6 Å². The van der Waals surface area contributed by atoms with Crippen LogP contribution in [0.1, 0.15) is 38.2 Å². The lowest BCUT2D eigenvalue weighted by Gasteiger charge is -2.39. The lowest BCUT2D eigenvalue weighted by atomic mass is 9.75. The summed E-state index contributed by atoms with van der Waals surface area (Å²) in [5.74, 6) is 1.04. The Hall–Kier alpha value is -0.570. The summed E-state index contributed by atoms with van der Waals surface area (Å²) in [6.07, 6.45) is 2.24. The smallest absolute Gasteiger partial charge is 0.0587 e. The van der Waals surface area contributed by atoms with Gasteiger partial charge in [-0.25, -0.2) is 0 Å². The maximum absolute atomic E-state index is 9.31. The van der Waals surface area contributed by atoms with Crippen molar-refractivity contribution in [3.05, 3.63) is 34.9 Å². The van der Waals surface area contributed by atoms with Crippen molar-refractivity contribution in [2.24, 2.45) is 5.92 Å². The van der Waals surface area contributed by atoms with E-state index >= 15 is 0 Å². The molecule has 2 rings (SSSR count). The molecule has 1 unspecified atom stereocenters. The minimum absolute atomic E-state index is 0.210. The van der Waals surface area contributed by atoms with E-state index in [1.165, 1.54) is 5.56 Å². The summed E-state index contributed by atoms with van der Waals surface area (Å²) in [6, 6.07) is 8.83. The fourth-order valence-corrected chi connectivity index (χ4v) is 2.86. The second kappa shape index (κ2) is 6.05. The van der Waals surface area contributed by atoms with E-state index in [2.05, 4.69) is 25.2 Å². The molecule has 1 fully saturated rings. The molecule has 0 bridgehead atoms. The quantitative estimate of drug-likeness (QED) is 0.859. The minimum atomic E-state index is 0.210. The maximum atomic E-state index is 9.31. The fourth-order valence-electron chi connectivity index (χ4n) is 2.57. The first-order valence-corrected chi connectivity index (χ1v) is 7.11. The number of rotatable bonds is 5. The van der Waals surface area contributed by atoms with Gasteiger partial charge in [0.05, 0.1) is 6.61 Å². The van der Waals surface area contributed by atoms with E-state index in [-0.39, 0.29) is 12.6 Å². The third-order valence-electron chi connectivity index (χ3n) is 3.93. The van der Waals surface area contributed by atoms with Gasteiger partial charge in [-0.05, 0) is 36.3 Å². The van der Waals surface area contributed by atoms with Crippen molar-refractivity contribution in [3.8, 4) is 0 Å². The van der Waals surface area contributed by atoms with Gasteiger partial charge in [0.2, 0.25) is 0 Å². The van der Waals surface area contributed by atoms with Gasteiger partial charge >= 0.3 is 0 Å². The van der Waals surface area contributed by atoms with Gasteiger partial charge in [-0.15, -0.1) is 0 Å². The van der Waals surface area contributed by atoms with Crippen LogP contribution in [-0.2, 0) is 0 Å². The van der Waals surface area contributed by atoms with E-state index in [0.29, 0.717) is 17.9 Å². The highest BCUT2D eigenvalue weighted by molar-refractivity contribution is 6.31. The topological polar surface area (TPSA) is 32.3 Å². The molecule has 2 N–H and O–H groups in total. The van der Waals surface area contributed by atoms with Crippen molar-refractivity contribution < 1.29 is 5.11 Å². The van der Waals surface area contributed by atoms with Crippen molar-refractivity contribution in [3.63, 3.8) is 0 Å². The van der Waals surface area contributed by atoms with Crippen molar-refractivity contribution in [1.82, 2.24) is 5.32 Å². The van der Waals surface area contributed by atoms with Crippen LogP contribution in [0.2, 0.25) is 5.02 Å². The van der Waals surface area contributed by atoms with Crippen molar-refractivity contribution in [1.29, 1.82) is 0 Å². The zero-order valence-corrected chi connectivity index (χ0v) is 11.8. The molecule has 1 aromatic rings. The Bertz CT molecular complexity index is 388. The van der Waals surface area contributed by atoms with Crippen molar-refractivity contribution >= 4 is 11.6 Å². The Labute approximate surface area is 114 Å². The van der Waals surface area contributed by atoms with Crippen LogP contribution in [0.4, 0.5) is 0 Å². The van der Waals surface area contributed by atoms with E-state index in [1.54, 1.807) is 0 Å². The van der Waals surface area contributed by atoms with Gasteiger partial charge in [-0.3, -0.25) is 0 Å². The fraction of sp³-hybridized carbons (Fsp3) is 0.600. The Morgan fingerprint density at radius 2 is 2.00 bits per heavy atom. The predicted octanol–water partition coefficient (Wildman–Crippen LogP) is 3.19. The van der Waals surface area contributed by atoms with Crippen LogP contribution in [0, 0.1) is 5.92 Å². The molecule has 0 saturated heterocycles. The number of benzene rings is 1. The number of aliphatic hydroxyl groups excluding tert-OH is 1. The molecule has 0 aromatic heterocycles. The number of nitrogens with one attached hydrogen (secondary N) is 1. The van der Waals surface area contributed by atoms with E-state index < -0.39 is 0 Å². The summed E-state index contributed by atoms with van der Waals surface area (Å²) in [5, 5.41) is 13.7. The number of hydrogen-bond donors (Lipinski definition) is 2. The molecule has 1 aliphatic rings. The summed E-state index contributed by atoms with van der Waals surface area (Å²) in [7, 11) is 0. The Balaban J connectivity index is 1.86. The Kier molecular flexibility index (Phi) is 4.66. The number of aliphatic hydroxyl groups is 1. The standard InChI is InChI=1S/C15H22ClNO/c1-10(2)15(9-18)17-12-7-11(8-12)13-5-3-4-6-14(13)16/h3-6,10-12,15,17-18H,7-9H2,1-2H3. The van der Waals surface area contributed by atoms with E-state index in [9.17, 15) is 5.11 Å². The average Bonchev–Trinajstić information content (AvgIpc) is 2.29. The molecule has 0 radical (unpaired) electrons. The summed E-state index contributed by atoms with van der Waals surface area (Å²) in [4.78, 5) is 0. The van der Waals surface area contributed by atoms with Crippen LogP contribution in [0.5, 0.6) is 0 Å². The van der Waals surface area contributed by atoms with E-state index in [4.69, 9.17) is 11.6 Å². The molecule has 100 valence electrons. The second-order valence-electron chi connectivity index (χ2n) is 5.59. The number of halogens is 1. The molecule has 18 heavy (non-hydrogen) atoms. The molecular formula is C15H22ClNO. The first-order valence-electron chi connectivity index (χ1n) is 6.73. The van der Waals surface area contributed by atoms with Crippen LogP contribution in [0.15, 0.2) is 24.3 Å². The largest absolute Gasteiger partial charge is 0.395 e. The minimum Gasteiger partial charge on any atom is -0.395 e.